The maximum absolute atomic E-state index is 5.37. The van der Waals surface area contributed by atoms with E-state index in [0.29, 0.717) is 5.92 Å². The van der Waals surface area contributed by atoms with E-state index < -0.39 is 0 Å². The van der Waals surface area contributed by atoms with E-state index in [0.717, 1.165) is 6.42 Å². The largest absolute Gasteiger partial charge is 0.0928 e. The Hall–Kier alpha value is -1.73. The van der Waals surface area contributed by atoms with Crippen molar-refractivity contribution in [2.24, 2.45) is 0 Å². The van der Waals surface area contributed by atoms with Crippen molar-refractivity contribution in [1.82, 2.24) is 0 Å². The number of rotatable bonds is 5. The fraction of sp³-hybridized carbons (Fsp3) is 0.250. The molecule has 0 nitrogen and oxygen atoms in total. The molecule has 3 aromatic carbocycles. The number of fused-ring (bicyclic) bond motifs is 2. The molecule has 0 aliphatic heterocycles. The molecule has 1 unspecified atom stereocenters. The van der Waals surface area contributed by atoms with Crippen molar-refractivity contribution in [3.8, 4) is 0 Å². The first-order valence-corrected chi connectivity index (χ1v) is 8.18. The third kappa shape index (κ3) is 2.71. The van der Waals surface area contributed by atoms with E-state index in [4.69, 9.17) is 12.2 Å². The Morgan fingerprint density at radius 3 is 2.05 bits per heavy atom. The van der Waals surface area contributed by atoms with E-state index in [1.54, 1.807) is 0 Å². The average molecular weight is 292 g/mol. The lowest BCUT2D eigenvalue weighted by molar-refractivity contribution is 0.698. The van der Waals surface area contributed by atoms with Crippen LogP contribution in [0.2, 0.25) is 0 Å². The summed E-state index contributed by atoms with van der Waals surface area (Å²) in [6.45, 7) is 2.24. The minimum Gasteiger partial charge on any atom is -0.0928 e. The van der Waals surface area contributed by atoms with Gasteiger partial charge in [0.05, 0.1) is 0 Å². The Labute approximate surface area is 131 Å². The molecular weight excluding hydrogens is 272 g/mol. The molecule has 0 bridgehead atoms. The molecule has 3 aromatic rings. The predicted octanol–water partition coefficient (Wildman–Crippen LogP) is 6.27. The third-order valence-electron chi connectivity index (χ3n) is 4.22. The van der Waals surface area contributed by atoms with Crippen molar-refractivity contribution in [1.29, 1.82) is 0 Å². The van der Waals surface area contributed by atoms with Crippen LogP contribution >= 0.6 is 12.2 Å². The minimum atomic E-state index is 0.357. The zero-order chi connectivity index (χ0) is 14.7. The second kappa shape index (κ2) is 6.36. The summed E-state index contributed by atoms with van der Waals surface area (Å²) in [5.41, 5.74) is 1.41. The monoisotopic (exact) mass is 292 g/mol. The molecule has 3 rings (SSSR count). The molecule has 0 aliphatic rings. The molecule has 106 valence electrons. The summed E-state index contributed by atoms with van der Waals surface area (Å²) in [4.78, 5) is 0. The topological polar surface area (TPSA) is 0 Å². The van der Waals surface area contributed by atoms with Gasteiger partial charge in [-0.2, -0.15) is 0 Å². The van der Waals surface area contributed by atoms with Crippen molar-refractivity contribution in [3.05, 3.63) is 60.2 Å². The van der Waals surface area contributed by atoms with Gasteiger partial charge in [0.2, 0.25) is 0 Å². The standard InChI is InChI=1S/C20H20S/c1-2-3-8-17(14-21)20-18-11-6-4-9-15(18)13-16-10-5-7-12-19(16)20/h4-7,9-14,17H,2-3,8H2,1H3. The smallest absolute Gasteiger partial charge is 0.0135 e. The first-order chi connectivity index (χ1) is 10.3. The molecule has 0 N–H and O–H groups in total. The Balaban J connectivity index is 2.31. The summed E-state index contributed by atoms with van der Waals surface area (Å²) in [6.07, 6.45) is 3.57. The van der Waals surface area contributed by atoms with Crippen LogP contribution in [-0.2, 0) is 0 Å². The second-order valence-corrected chi connectivity index (χ2v) is 5.89. The lowest BCUT2D eigenvalue weighted by Crippen LogP contribution is -2.01. The van der Waals surface area contributed by atoms with Gasteiger partial charge in [-0.3, -0.25) is 0 Å². The van der Waals surface area contributed by atoms with Gasteiger partial charge in [-0.15, -0.1) is 0 Å². The molecule has 0 heterocycles. The Morgan fingerprint density at radius 2 is 1.52 bits per heavy atom. The SMILES string of the molecule is CCCCC(C=S)c1c2ccccc2cc2ccccc12. The van der Waals surface area contributed by atoms with Crippen LogP contribution in [0.1, 0.15) is 37.7 Å². The number of hydrogen-bond donors (Lipinski definition) is 0. The van der Waals surface area contributed by atoms with Crippen LogP contribution in [-0.4, -0.2) is 5.37 Å². The van der Waals surface area contributed by atoms with E-state index in [-0.39, 0.29) is 0 Å². The first-order valence-electron chi connectivity index (χ1n) is 7.71. The normalized spacial score (nSPS) is 12.6. The van der Waals surface area contributed by atoms with Gasteiger partial charge in [0.15, 0.2) is 0 Å². The highest BCUT2D eigenvalue weighted by Crippen LogP contribution is 2.35. The van der Waals surface area contributed by atoms with Crippen LogP contribution in [0, 0.1) is 0 Å². The first kappa shape index (κ1) is 14.2. The van der Waals surface area contributed by atoms with Crippen molar-refractivity contribution >= 4 is 39.1 Å². The van der Waals surface area contributed by atoms with Crippen LogP contribution in [0.25, 0.3) is 21.5 Å². The lowest BCUT2D eigenvalue weighted by atomic mass is 9.86. The molecule has 0 saturated carbocycles. The van der Waals surface area contributed by atoms with E-state index >= 15 is 0 Å². The number of hydrogen-bond acceptors (Lipinski definition) is 1. The number of thiocarbonyl (C=S) groups is 1. The maximum atomic E-state index is 5.37. The van der Waals surface area contributed by atoms with Gasteiger partial charge in [0.25, 0.3) is 0 Å². The van der Waals surface area contributed by atoms with E-state index in [1.165, 1.54) is 39.9 Å². The molecule has 0 aromatic heterocycles. The van der Waals surface area contributed by atoms with Crippen LogP contribution < -0.4 is 0 Å². The fourth-order valence-electron chi connectivity index (χ4n) is 3.15. The van der Waals surface area contributed by atoms with Gasteiger partial charge in [0, 0.05) is 5.92 Å². The average Bonchev–Trinajstić information content (AvgIpc) is 2.54. The fourth-order valence-corrected chi connectivity index (χ4v) is 3.43. The minimum absolute atomic E-state index is 0.357. The third-order valence-corrected chi connectivity index (χ3v) is 4.55. The molecular formula is C20H20S. The van der Waals surface area contributed by atoms with E-state index in [2.05, 4.69) is 61.5 Å². The van der Waals surface area contributed by atoms with Gasteiger partial charge in [-0.05, 0) is 45.0 Å². The van der Waals surface area contributed by atoms with Crippen LogP contribution in [0.5, 0.6) is 0 Å². The Bertz CT molecular complexity index is 719. The lowest BCUT2D eigenvalue weighted by Gasteiger charge is -2.18. The van der Waals surface area contributed by atoms with Gasteiger partial charge in [-0.1, -0.05) is 80.5 Å². The maximum Gasteiger partial charge on any atom is 0.0135 e. The highest BCUT2D eigenvalue weighted by molar-refractivity contribution is 7.79. The molecule has 0 aliphatic carbocycles. The zero-order valence-electron chi connectivity index (χ0n) is 12.4. The van der Waals surface area contributed by atoms with Crippen molar-refractivity contribution in [2.45, 2.75) is 32.1 Å². The highest BCUT2D eigenvalue weighted by atomic mass is 32.1. The van der Waals surface area contributed by atoms with Crippen molar-refractivity contribution in [3.63, 3.8) is 0 Å². The van der Waals surface area contributed by atoms with E-state index in [9.17, 15) is 0 Å². The highest BCUT2D eigenvalue weighted by Gasteiger charge is 2.15. The van der Waals surface area contributed by atoms with Crippen molar-refractivity contribution < 1.29 is 0 Å². The summed E-state index contributed by atoms with van der Waals surface area (Å²) >= 11 is 5.37. The van der Waals surface area contributed by atoms with Gasteiger partial charge in [-0.25, -0.2) is 0 Å². The molecule has 1 atom stereocenters. The second-order valence-electron chi connectivity index (χ2n) is 5.62. The number of unbranched alkanes of at least 4 members (excludes halogenated alkanes) is 1. The number of benzene rings is 3. The summed E-state index contributed by atoms with van der Waals surface area (Å²) < 4.78 is 0. The van der Waals surface area contributed by atoms with E-state index in [1.807, 2.05) is 5.37 Å². The van der Waals surface area contributed by atoms with Gasteiger partial charge >= 0.3 is 0 Å². The molecule has 21 heavy (non-hydrogen) atoms. The molecule has 0 spiro atoms. The van der Waals surface area contributed by atoms with Crippen LogP contribution in [0.3, 0.4) is 0 Å². The quantitative estimate of drug-likeness (QED) is 0.394. The predicted molar refractivity (Wildman–Crippen MR) is 97.4 cm³/mol. The molecule has 0 saturated heterocycles. The molecule has 0 fully saturated rings. The molecule has 1 heteroatoms. The Kier molecular flexibility index (Phi) is 4.31. The van der Waals surface area contributed by atoms with Crippen molar-refractivity contribution in [2.75, 3.05) is 0 Å². The summed E-state index contributed by atoms with van der Waals surface area (Å²) in [6, 6.07) is 19.6. The van der Waals surface area contributed by atoms with Crippen LogP contribution in [0.4, 0.5) is 0 Å². The van der Waals surface area contributed by atoms with Gasteiger partial charge < -0.3 is 0 Å². The van der Waals surface area contributed by atoms with Crippen LogP contribution in [0.15, 0.2) is 54.6 Å². The zero-order valence-corrected chi connectivity index (χ0v) is 13.2. The summed E-state index contributed by atoms with van der Waals surface area (Å²) in [7, 11) is 0. The molecule has 0 amide bonds. The Morgan fingerprint density at radius 1 is 0.952 bits per heavy atom. The molecule has 0 radical (unpaired) electrons. The van der Waals surface area contributed by atoms with Gasteiger partial charge in [0.1, 0.15) is 0 Å². The summed E-state index contributed by atoms with van der Waals surface area (Å²) in [5.74, 6) is 0.357. The summed E-state index contributed by atoms with van der Waals surface area (Å²) in [5, 5.41) is 7.27.